The average molecular weight is 255 g/mol. The van der Waals surface area contributed by atoms with Crippen LogP contribution in [0.4, 0.5) is 0 Å². The summed E-state index contributed by atoms with van der Waals surface area (Å²) in [6.45, 7) is 15.3. The molecule has 0 atom stereocenters. The molecule has 1 aliphatic heterocycles. The number of nitrogens with zero attached hydrogens (tertiary/aromatic N) is 4. The van der Waals surface area contributed by atoms with Gasteiger partial charge in [-0.25, -0.2) is 0 Å². The molecule has 0 bridgehead atoms. The first-order valence-electron chi connectivity index (χ1n) is 7.05. The van der Waals surface area contributed by atoms with Crippen LogP contribution in [0, 0.1) is 6.92 Å². The van der Waals surface area contributed by atoms with Crippen LogP contribution < -0.4 is 5.32 Å². The minimum absolute atomic E-state index is 0.916. The molecule has 0 radical (unpaired) electrons. The second kappa shape index (κ2) is 10.0. The van der Waals surface area contributed by atoms with Crippen LogP contribution in [0.1, 0.15) is 39.3 Å². The fourth-order valence-corrected chi connectivity index (χ4v) is 1.66. The Kier molecular flexibility index (Phi) is 9.50. The number of piperazine rings is 1. The SMILES string of the molecule is CC.CC.Cc1nnc(CN2CCNCC2)n1C. The third-order valence-corrected chi connectivity index (χ3v) is 2.76. The van der Waals surface area contributed by atoms with Gasteiger partial charge in [0, 0.05) is 33.2 Å². The third-order valence-electron chi connectivity index (χ3n) is 2.76. The van der Waals surface area contributed by atoms with Crippen LogP contribution in [0.25, 0.3) is 0 Å². The van der Waals surface area contributed by atoms with Gasteiger partial charge in [0.05, 0.1) is 6.54 Å². The molecule has 1 aromatic rings. The predicted molar refractivity (Wildman–Crippen MR) is 76.6 cm³/mol. The maximum Gasteiger partial charge on any atom is 0.146 e. The van der Waals surface area contributed by atoms with Gasteiger partial charge in [-0.3, -0.25) is 4.90 Å². The monoisotopic (exact) mass is 255 g/mol. The van der Waals surface area contributed by atoms with Crippen LogP contribution in [0.5, 0.6) is 0 Å². The van der Waals surface area contributed by atoms with Crippen LogP contribution >= 0.6 is 0 Å². The Labute approximate surface area is 112 Å². The second-order valence-electron chi connectivity index (χ2n) is 3.75. The molecule has 2 rings (SSSR count). The maximum atomic E-state index is 4.16. The predicted octanol–water partition coefficient (Wildman–Crippen LogP) is 1.58. The highest BCUT2D eigenvalue weighted by Crippen LogP contribution is 2.03. The average Bonchev–Trinajstić information content (AvgIpc) is 2.76. The van der Waals surface area contributed by atoms with E-state index in [2.05, 4.69) is 25.0 Å². The summed E-state index contributed by atoms with van der Waals surface area (Å²) in [6.07, 6.45) is 0. The van der Waals surface area contributed by atoms with E-state index in [0.29, 0.717) is 0 Å². The Morgan fingerprint density at radius 1 is 1.06 bits per heavy atom. The van der Waals surface area contributed by atoms with Crippen LogP contribution in [0.15, 0.2) is 0 Å². The van der Waals surface area contributed by atoms with Gasteiger partial charge in [0.15, 0.2) is 0 Å². The second-order valence-corrected chi connectivity index (χ2v) is 3.75. The van der Waals surface area contributed by atoms with E-state index in [1.165, 1.54) is 0 Å². The number of aryl methyl sites for hydroxylation is 1. The van der Waals surface area contributed by atoms with E-state index in [4.69, 9.17) is 0 Å². The highest BCUT2D eigenvalue weighted by atomic mass is 15.3. The van der Waals surface area contributed by atoms with E-state index in [0.717, 1.165) is 44.4 Å². The lowest BCUT2D eigenvalue weighted by molar-refractivity contribution is 0.225. The fraction of sp³-hybridized carbons (Fsp3) is 0.846. The topological polar surface area (TPSA) is 46.0 Å². The molecular formula is C13H29N5. The third kappa shape index (κ3) is 5.14. The molecule has 0 saturated carbocycles. The van der Waals surface area contributed by atoms with E-state index >= 15 is 0 Å². The van der Waals surface area contributed by atoms with Crippen molar-refractivity contribution in [1.29, 1.82) is 0 Å². The Hall–Kier alpha value is -0.940. The zero-order valence-corrected chi connectivity index (χ0v) is 12.8. The first kappa shape index (κ1) is 17.1. The minimum Gasteiger partial charge on any atom is -0.317 e. The summed E-state index contributed by atoms with van der Waals surface area (Å²) >= 11 is 0. The summed E-state index contributed by atoms with van der Waals surface area (Å²) in [4.78, 5) is 2.40. The number of nitrogens with one attached hydrogen (secondary N) is 1. The molecule has 0 unspecified atom stereocenters. The van der Waals surface area contributed by atoms with Crippen molar-refractivity contribution in [1.82, 2.24) is 25.0 Å². The van der Waals surface area contributed by atoms with Gasteiger partial charge in [0.2, 0.25) is 0 Å². The normalized spacial score (nSPS) is 15.2. The van der Waals surface area contributed by atoms with Crippen LogP contribution in [0.2, 0.25) is 0 Å². The molecule has 106 valence electrons. The molecule has 0 spiro atoms. The lowest BCUT2D eigenvalue weighted by Gasteiger charge is -2.26. The molecule has 0 amide bonds. The lowest BCUT2D eigenvalue weighted by atomic mass is 10.3. The number of hydrogen-bond donors (Lipinski definition) is 1. The van der Waals surface area contributed by atoms with Gasteiger partial charge in [0.1, 0.15) is 11.6 Å². The van der Waals surface area contributed by atoms with Crippen molar-refractivity contribution in [3.8, 4) is 0 Å². The summed E-state index contributed by atoms with van der Waals surface area (Å²) in [5.41, 5.74) is 0. The standard InChI is InChI=1S/C9H17N5.2C2H6/c1-8-11-12-9(13(8)2)7-14-5-3-10-4-6-14;2*1-2/h10H,3-7H2,1-2H3;2*1-2H3. The molecule has 1 aliphatic rings. The fourth-order valence-electron chi connectivity index (χ4n) is 1.66. The van der Waals surface area contributed by atoms with E-state index in [1.54, 1.807) is 0 Å². The number of aromatic nitrogens is 3. The Bertz CT molecular complexity index is 302. The first-order chi connectivity index (χ1) is 8.77. The summed E-state index contributed by atoms with van der Waals surface area (Å²) in [5, 5.41) is 11.5. The highest BCUT2D eigenvalue weighted by molar-refractivity contribution is 4.92. The molecule has 1 aromatic heterocycles. The van der Waals surface area contributed by atoms with Crippen molar-refractivity contribution in [3.05, 3.63) is 11.6 Å². The Morgan fingerprint density at radius 2 is 1.61 bits per heavy atom. The van der Waals surface area contributed by atoms with Gasteiger partial charge in [0.25, 0.3) is 0 Å². The smallest absolute Gasteiger partial charge is 0.146 e. The van der Waals surface area contributed by atoms with Crippen molar-refractivity contribution in [2.75, 3.05) is 26.2 Å². The molecule has 0 aromatic carbocycles. The quantitative estimate of drug-likeness (QED) is 0.871. The maximum absolute atomic E-state index is 4.16. The summed E-state index contributed by atoms with van der Waals surface area (Å²) < 4.78 is 2.06. The van der Waals surface area contributed by atoms with Crippen molar-refractivity contribution < 1.29 is 0 Å². The molecule has 0 aliphatic carbocycles. The number of rotatable bonds is 2. The van der Waals surface area contributed by atoms with Crippen molar-refractivity contribution >= 4 is 0 Å². The molecule has 1 N–H and O–H groups in total. The molecule has 1 saturated heterocycles. The van der Waals surface area contributed by atoms with Gasteiger partial charge in [-0.05, 0) is 6.92 Å². The van der Waals surface area contributed by atoms with Gasteiger partial charge >= 0.3 is 0 Å². The molecule has 5 nitrogen and oxygen atoms in total. The zero-order chi connectivity index (χ0) is 14.0. The van der Waals surface area contributed by atoms with Gasteiger partial charge in [-0.2, -0.15) is 0 Å². The summed E-state index contributed by atoms with van der Waals surface area (Å²) in [5.74, 6) is 2.04. The van der Waals surface area contributed by atoms with Crippen molar-refractivity contribution in [3.63, 3.8) is 0 Å². The minimum atomic E-state index is 0.916. The molecular weight excluding hydrogens is 226 g/mol. The highest BCUT2D eigenvalue weighted by Gasteiger charge is 2.13. The van der Waals surface area contributed by atoms with Gasteiger partial charge < -0.3 is 9.88 Å². The van der Waals surface area contributed by atoms with Crippen LogP contribution in [0.3, 0.4) is 0 Å². The summed E-state index contributed by atoms with van der Waals surface area (Å²) in [7, 11) is 2.02. The summed E-state index contributed by atoms with van der Waals surface area (Å²) in [6, 6.07) is 0. The zero-order valence-electron chi connectivity index (χ0n) is 12.8. The number of hydrogen-bond acceptors (Lipinski definition) is 4. The lowest BCUT2D eigenvalue weighted by Crippen LogP contribution is -2.43. The van der Waals surface area contributed by atoms with Gasteiger partial charge in [-0.15, -0.1) is 10.2 Å². The van der Waals surface area contributed by atoms with Crippen LogP contribution in [-0.4, -0.2) is 45.8 Å². The Morgan fingerprint density at radius 3 is 2.06 bits per heavy atom. The van der Waals surface area contributed by atoms with Crippen molar-refractivity contribution in [2.45, 2.75) is 41.2 Å². The van der Waals surface area contributed by atoms with Crippen LogP contribution in [-0.2, 0) is 13.6 Å². The molecule has 5 heteroatoms. The Balaban J connectivity index is 0.000000659. The van der Waals surface area contributed by atoms with Crippen molar-refractivity contribution in [2.24, 2.45) is 7.05 Å². The van der Waals surface area contributed by atoms with E-state index < -0.39 is 0 Å². The first-order valence-corrected chi connectivity index (χ1v) is 7.05. The van der Waals surface area contributed by atoms with E-state index in [9.17, 15) is 0 Å². The van der Waals surface area contributed by atoms with Gasteiger partial charge in [-0.1, -0.05) is 27.7 Å². The largest absolute Gasteiger partial charge is 0.317 e. The van der Waals surface area contributed by atoms with E-state index in [-0.39, 0.29) is 0 Å². The molecule has 2 heterocycles. The van der Waals surface area contributed by atoms with E-state index in [1.807, 2.05) is 41.7 Å². The molecule has 1 fully saturated rings. The molecule has 18 heavy (non-hydrogen) atoms.